The third-order valence-electron chi connectivity index (χ3n) is 8.05. The summed E-state index contributed by atoms with van der Waals surface area (Å²) in [7, 11) is 2.06. The molecule has 3 fully saturated rings. The number of likely N-dealkylation sites (tertiary alicyclic amines) is 1. The van der Waals surface area contributed by atoms with Crippen LogP contribution in [0.25, 0.3) is 0 Å². The largest absolute Gasteiger partial charge is 0.504 e. The fourth-order valence-corrected chi connectivity index (χ4v) is 6.82. The summed E-state index contributed by atoms with van der Waals surface area (Å²) >= 11 is 0. The lowest BCUT2D eigenvalue weighted by Gasteiger charge is -2.63. The number of hydrogen-bond acceptors (Lipinski definition) is 7. The minimum atomic E-state index is -0.979. The van der Waals surface area contributed by atoms with Crippen molar-refractivity contribution >= 4 is 5.97 Å². The monoisotopic (exact) mass is 387 g/mol. The number of nitrogens with zero attached hydrogens (tertiary/aromatic N) is 1. The molecule has 7 nitrogen and oxygen atoms in total. The van der Waals surface area contributed by atoms with Crippen LogP contribution in [0, 0.1) is 0 Å². The van der Waals surface area contributed by atoms with Crippen LogP contribution in [-0.2, 0) is 26.1 Å². The number of carbonyl (C=O) groups is 1. The van der Waals surface area contributed by atoms with Gasteiger partial charge in [-0.15, -0.1) is 0 Å². The first-order valence-corrected chi connectivity index (χ1v) is 10.2. The van der Waals surface area contributed by atoms with E-state index in [9.17, 15) is 15.0 Å². The average Bonchev–Trinajstić information content (AvgIpc) is 3.27. The maximum absolute atomic E-state index is 12.4. The second-order valence-corrected chi connectivity index (χ2v) is 9.00. The topological polar surface area (TPSA) is 91.8 Å². The second-order valence-electron chi connectivity index (χ2n) is 9.00. The van der Waals surface area contributed by atoms with Gasteiger partial charge in [0, 0.05) is 11.6 Å². The lowest BCUT2D eigenvalue weighted by atomic mass is 9.47. The SMILES string of the molecule is CCOC(=O)[C@H]1OC12CCC1(O)C3Cc4ccc(O)c5c4[C@@]1(CCN3C)C2O5. The number of benzene rings is 1. The van der Waals surface area contributed by atoms with E-state index in [2.05, 4.69) is 11.9 Å². The van der Waals surface area contributed by atoms with Crippen molar-refractivity contribution in [2.45, 2.75) is 67.5 Å². The van der Waals surface area contributed by atoms with Gasteiger partial charge in [-0.25, -0.2) is 4.79 Å². The molecule has 0 radical (unpaired) electrons. The highest BCUT2D eigenvalue weighted by Gasteiger charge is 2.82. The first-order valence-electron chi connectivity index (χ1n) is 10.2. The van der Waals surface area contributed by atoms with Crippen molar-refractivity contribution in [2.75, 3.05) is 20.2 Å². The van der Waals surface area contributed by atoms with E-state index in [1.54, 1.807) is 13.0 Å². The van der Waals surface area contributed by atoms with E-state index >= 15 is 0 Å². The van der Waals surface area contributed by atoms with Crippen LogP contribution in [0.3, 0.4) is 0 Å². The predicted octanol–water partition coefficient (Wildman–Crippen LogP) is 0.877. The van der Waals surface area contributed by atoms with Crippen molar-refractivity contribution in [1.29, 1.82) is 0 Å². The first-order chi connectivity index (χ1) is 13.4. The zero-order valence-corrected chi connectivity index (χ0v) is 16.1. The molecule has 4 unspecified atom stereocenters. The quantitative estimate of drug-likeness (QED) is 0.575. The minimum Gasteiger partial charge on any atom is -0.504 e. The molecule has 1 saturated carbocycles. The molecule has 3 heterocycles. The number of piperidine rings is 1. The molecule has 0 amide bonds. The third-order valence-corrected chi connectivity index (χ3v) is 8.05. The first kappa shape index (κ1) is 17.1. The van der Waals surface area contributed by atoms with Gasteiger partial charge in [0.1, 0.15) is 11.7 Å². The van der Waals surface area contributed by atoms with E-state index in [-0.39, 0.29) is 17.8 Å². The van der Waals surface area contributed by atoms with Crippen molar-refractivity contribution in [3.05, 3.63) is 23.3 Å². The van der Waals surface area contributed by atoms with Gasteiger partial charge < -0.3 is 29.3 Å². The molecule has 28 heavy (non-hydrogen) atoms. The Morgan fingerprint density at radius 3 is 2.96 bits per heavy atom. The molecule has 2 bridgehead atoms. The summed E-state index contributed by atoms with van der Waals surface area (Å²) in [6.45, 7) is 2.90. The Morgan fingerprint density at radius 2 is 2.18 bits per heavy atom. The van der Waals surface area contributed by atoms with Crippen LogP contribution in [0.15, 0.2) is 12.1 Å². The fraction of sp³-hybridized carbons (Fsp3) is 0.667. The molecule has 3 aliphatic heterocycles. The van der Waals surface area contributed by atoms with Gasteiger partial charge in [-0.1, -0.05) is 6.07 Å². The van der Waals surface area contributed by atoms with Gasteiger partial charge in [-0.2, -0.15) is 0 Å². The lowest BCUT2D eigenvalue weighted by molar-refractivity contribution is -0.196. The van der Waals surface area contributed by atoms with E-state index in [1.807, 2.05) is 6.07 Å². The third kappa shape index (κ3) is 1.63. The number of ether oxygens (including phenoxy) is 3. The molecule has 0 aromatic heterocycles. The van der Waals surface area contributed by atoms with Crippen LogP contribution >= 0.6 is 0 Å². The van der Waals surface area contributed by atoms with Crippen LogP contribution in [-0.4, -0.2) is 70.7 Å². The normalized spacial score (nSPS) is 44.8. The van der Waals surface area contributed by atoms with Crippen LogP contribution in [0.1, 0.15) is 37.3 Å². The molecule has 6 rings (SSSR count). The van der Waals surface area contributed by atoms with Crippen molar-refractivity contribution in [1.82, 2.24) is 4.90 Å². The van der Waals surface area contributed by atoms with Crippen LogP contribution in [0.5, 0.6) is 11.5 Å². The fourth-order valence-electron chi connectivity index (χ4n) is 6.82. The molecular formula is C21H25NO6. The lowest BCUT2D eigenvalue weighted by Crippen LogP contribution is -2.77. The molecule has 2 saturated heterocycles. The highest BCUT2D eigenvalue weighted by atomic mass is 16.7. The number of rotatable bonds is 2. The summed E-state index contributed by atoms with van der Waals surface area (Å²) in [5.41, 5.74) is -0.402. The Bertz CT molecular complexity index is 903. The number of esters is 1. The second kappa shape index (κ2) is 5.01. The molecular weight excluding hydrogens is 362 g/mol. The van der Waals surface area contributed by atoms with Gasteiger partial charge >= 0.3 is 5.97 Å². The molecule has 150 valence electrons. The van der Waals surface area contributed by atoms with E-state index < -0.39 is 28.8 Å². The maximum atomic E-state index is 12.4. The van der Waals surface area contributed by atoms with Crippen LogP contribution < -0.4 is 4.74 Å². The van der Waals surface area contributed by atoms with Crippen molar-refractivity contribution in [2.24, 2.45) is 0 Å². The summed E-state index contributed by atoms with van der Waals surface area (Å²) in [4.78, 5) is 14.7. The molecule has 1 aromatic rings. The molecule has 2 N–H and O–H groups in total. The number of phenols is 1. The maximum Gasteiger partial charge on any atom is 0.338 e. The number of fused-ring (bicyclic) bond motifs is 1. The molecule has 2 aliphatic carbocycles. The minimum absolute atomic E-state index is 0.0208. The number of carbonyl (C=O) groups excluding carboxylic acids is 1. The zero-order valence-electron chi connectivity index (χ0n) is 16.1. The average molecular weight is 387 g/mol. The zero-order chi connectivity index (χ0) is 19.5. The standard InChI is InChI=1S/C21H25NO6/c1-3-26-17(24)16-20(28-16)6-7-21(25)13-10-11-4-5-12(23)15-14(11)19(21,18(20)27-15)8-9-22(13)2/h4-5,13,16,18,23,25H,3,6-10H2,1-2H3/t13?,16-,18?,19+,20?,21?/m1/s1. The Labute approximate surface area is 163 Å². The summed E-state index contributed by atoms with van der Waals surface area (Å²) in [5, 5.41) is 22.6. The van der Waals surface area contributed by atoms with E-state index in [1.165, 1.54) is 0 Å². The highest BCUT2D eigenvalue weighted by molar-refractivity contribution is 5.80. The summed E-state index contributed by atoms with van der Waals surface area (Å²) in [6, 6.07) is 3.60. The summed E-state index contributed by atoms with van der Waals surface area (Å²) in [5.74, 6) is 0.183. The van der Waals surface area contributed by atoms with E-state index in [4.69, 9.17) is 14.2 Å². The van der Waals surface area contributed by atoms with Gasteiger partial charge in [-0.05, 0) is 57.8 Å². The Hall–Kier alpha value is -1.83. The number of hydrogen-bond donors (Lipinski definition) is 2. The Balaban J connectivity index is 1.55. The number of aromatic hydroxyl groups is 1. The van der Waals surface area contributed by atoms with Gasteiger partial charge in [0.15, 0.2) is 17.6 Å². The van der Waals surface area contributed by atoms with Gasteiger partial charge in [0.25, 0.3) is 0 Å². The van der Waals surface area contributed by atoms with E-state index in [0.29, 0.717) is 31.6 Å². The van der Waals surface area contributed by atoms with Crippen molar-refractivity contribution < 1.29 is 29.2 Å². The molecule has 7 heteroatoms. The molecule has 5 aliphatic rings. The predicted molar refractivity (Wildman–Crippen MR) is 97.4 cm³/mol. The van der Waals surface area contributed by atoms with Crippen LogP contribution in [0.2, 0.25) is 0 Å². The van der Waals surface area contributed by atoms with Crippen LogP contribution in [0.4, 0.5) is 0 Å². The van der Waals surface area contributed by atoms with Crippen molar-refractivity contribution in [3.63, 3.8) is 0 Å². The number of likely N-dealkylation sites (N-methyl/N-ethyl adjacent to an activating group) is 1. The Kier molecular flexibility index (Phi) is 3.05. The summed E-state index contributed by atoms with van der Waals surface area (Å²) < 4.78 is 17.6. The smallest absolute Gasteiger partial charge is 0.338 e. The highest BCUT2D eigenvalue weighted by Crippen LogP contribution is 2.70. The number of epoxide rings is 1. The van der Waals surface area contributed by atoms with E-state index in [0.717, 1.165) is 24.1 Å². The van der Waals surface area contributed by atoms with Gasteiger partial charge in [0.05, 0.1) is 17.6 Å². The molecule has 1 aromatic carbocycles. The number of phenolic OH excluding ortho intramolecular Hbond substituents is 1. The van der Waals surface area contributed by atoms with Gasteiger partial charge in [0.2, 0.25) is 0 Å². The van der Waals surface area contributed by atoms with Gasteiger partial charge in [-0.3, -0.25) is 0 Å². The summed E-state index contributed by atoms with van der Waals surface area (Å²) in [6.07, 6.45) is 1.32. The number of aliphatic hydroxyl groups is 1. The molecule has 6 atom stereocenters. The van der Waals surface area contributed by atoms with Crippen molar-refractivity contribution in [3.8, 4) is 11.5 Å². The molecule has 2 spiro atoms. The Morgan fingerprint density at radius 1 is 1.36 bits per heavy atom.